The van der Waals surface area contributed by atoms with E-state index in [-0.39, 0.29) is 0 Å². The monoisotopic (exact) mass is 230 g/mol. The highest BCUT2D eigenvalue weighted by Gasteiger charge is 2.20. The summed E-state index contributed by atoms with van der Waals surface area (Å²) in [5.41, 5.74) is 2.84. The van der Waals surface area contributed by atoms with E-state index in [4.69, 9.17) is 0 Å². The molecule has 2 rings (SSSR count). The summed E-state index contributed by atoms with van der Waals surface area (Å²) in [7, 11) is 0. The summed E-state index contributed by atoms with van der Waals surface area (Å²) >= 11 is 0. The molecule has 0 bridgehead atoms. The lowest BCUT2D eigenvalue weighted by Crippen LogP contribution is -2.00. The third-order valence-corrected chi connectivity index (χ3v) is 4.45. The van der Waals surface area contributed by atoms with Crippen LogP contribution in [0.2, 0.25) is 0 Å². The highest BCUT2D eigenvalue weighted by Crippen LogP contribution is 2.34. The second-order valence-corrected chi connectivity index (χ2v) is 6.10. The van der Waals surface area contributed by atoms with Gasteiger partial charge in [-0.2, -0.15) is 0 Å². The van der Waals surface area contributed by atoms with E-state index in [1.165, 1.54) is 49.7 Å². The van der Waals surface area contributed by atoms with E-state index >= 15 is 0 Å². The average Bonchev–Trinajstić information content (AvgIpc) is 2.91. The van der Waals surface area contributed by atoms with Gasteiger partial charge in [-0.1, -0.05) is 68.6 Å². The van der Waals surface area contributed by atoms with Crippen LogP contribution in [0.3, 0.4) is 0 Å². The maximum absolute atomic E-state index is 4.05. The van der Waals surface area contributed by atoms with E-state index in [1.54, 1.807) is 0 Å². The zero-order valence-corrected chi connectivity index (χ0v) is 11.4. The van der Waals surface area contributed by atoms with Gasteiger partial charge >= 0.3 is 0 Å². The minimum atomic E-state index is 0.621. The first-order chi connectivity index (χ1) is 8.15. The van der Waals surface area contributed by atoms with Crippen LogP contribution in [0.5, 0.6) is 0 Å². The number of hydrogen-bond acceptors (Lipinski definition) is 0. The smallest absolute Gasteiger partial charge is 0.00418 e. The predicted molar refractivity (Wildman–Crippen MR) is 75.9 cm³/mol. The highest BCUT2D eigenvalue weighted by molar-refractivity contribution is 5.30. The molecule has 17 heavy (non-hydrogen) atoms. The Morgan fingerprint density at radius 3 is 2.76 bits per heavy atom. The molecular formula is C17H26. The van der Waals surface area contributed by atoms with Gasteiger partial charge in [-0.05, 0) is 37.5 Å². The van der Waals surface area contributed by atoms with Crippen molar-refractivity contribution in [2.24, 2.45) is 17.8 Å². The van der Waals surface area contributed by atoms with Crippen molar-refractivity contribution in [2.45, 2.75) is 52.4 Å². The fourth-order valence-electron chi connectivity index (χ4n) is 3.07. The van der Waals surface area contributed by atoms with E-state index in [1.807, 2.05) is 0 Å². The standard InChI is InChI=1S/C17H26/c1-13(2)14(3)10-16-8-9-17(12-16)11-15-6-4-5-7-15/h8-9,12,14-15,17H,1,4-7,10-11H2,2-3H3/t14-,17?/m0/s1. The molecule has 0 aliphatic heterocycles. The topological polar surface area (TPSA) is 0 Å². The number of rotatable bonds is 5. The van der Waals surface area contributed by atoms with Crippen LogP contribution in [0.15, 0.2) is 36.0 Å². The molecule has 0 saturated heterocycles. The van der Waals surface area contributed by atoms with Crippen molar-refractivity contribution in [3.05, 3.63) is 36.0 Å². The molecule has 1 saturated carbocycles. The van der Waals surface area contributed by atoms with Crippen LogP contribution in [0, 0.1) is 17.8 Å². The van der Waals surface area contributed by atoms with Gasteiger partial charge in [-0.25, -0.2) is 0 Å². The zero-order valence-electron chi connectivity index (χ0n) is 11.4. The van der Waals surface area contributed by atoms with Crippen molar-refractivity contribution >= 4 is 0 Å². The Morgan fingerprint density at radius 2 is 2.12 bits per heavy atom. The summed E-state index contributed by atoms with van der Waals surface area (Å²) in [4.78, 5) is 0. The maximum atomic E-state index is 4.05. The molecule has 2 atom stereocenters. The van der Waals surface area contributed by atoms with Crippen LogP contribution in [0.1, 0.15) is 52.4 Å². The molecule has 1 fully saturated rings. The highest BCUT2D eigenvalue weighted by atomic mass is 14.3. The van der Waals surface area contributed by atoms with E-state index in [9.17, 15) is 0 Å². The van der Waals surface area contributed by atoms with Crippen LogP contribution in [0.25, 0.3) is 0 Å². The molecule has 0 aromatic rings. The molecule has 2 aliphatic carbocycles. The molecule has 0 aromatic carbocycles. The van der Waals surface area contributed by atoms with Crippen LogP contribution >= 0.6 is 0 Å². The van der Waals surface area contributed by atoms with Crippen molar-refractivity contribution < 1.29 is 0 Å². The Hall–Kier alpha value is -0.780. The first kappa shape index (κ1) is 12.7. The fourth-order valence-corrected chi connectivity index (χ4v) is 3.07. The third-order valence-electron chi connectivity index (χ3n) is 4.45. The number of allylic oxidation sites excluding steroid dienone is 5. The SMILES string of the molecule is C=C(C)[C@@H](C)CC1=CC(CC2CCCC2)C=C1. The molecule has 2 aliphatic rings. The summed E-state index contributed by atoms with van der Waals surface area (Å²) in [6, 6.07) is 0. The normalized spacial score (nSPS) is 26.2. The summed E-state index contributed by atoms with van der Waals surface area (Å²) in [5, 5.41) is 0. The lowest BCUT2D eigenvalue weighted by molar-refractivity contribution is 0.467. The Balaban J connectivity index is 1.82. The molecule has 0 radical (unpaired) electrons. The quantitative estimate of drug-likeness (QED) is 0.564. The van der Waals surface area contributed by atoms with Gasteiger partial charge < -0.3 is 0 Å². The predicted octanol–water partition coefficient (Wildman–Crippen LogP) is 5.28. The molecular weight excluding hydrogens is 204 g/mol. The zero-order chi connectivity index (χ0) is 12.3. The van der Waals surface area contributed by atoms with Crippen LogP contribution < -0.4 is 0 Å². The van der Waals surface area contributed by atoms with Gasteiger partial charge in [0.15, 0.2) is 0 Å². The van der Waals surface area contributed by atoms with Crippen molar-refractivity contribution in [1.29, 1.82) is 0 Å². The molecule has 1 unspecified atom stereocenters. The summed E-state index contributed by atoms with van der Waals surface area (Å²) in [6.07, 6.45) is 15.7. The van der Waals surface area contributed by atoms with Gasteiger partial charge in [0.2, 0.25) is 0 Å². The Labute approximate surface area is 106 Å². The van der Waals surface area contributed by atoms with Gasteiger partial charge in [-0.3, -0.25) is 0 Å². The van der Waals surface area contributed by atoms with E-state index < -0.39 is 0 Å². The first-order valence-corrected chi connectivity index (χ1v) is 7.19. The number of hydrogen-bond donors (Lipinski definition) is 0. The van der Waals surface area contributed by atoms with Crippen molar-refractivity contribution in [3.63, 3.8) is 0 Å². The molecule has 0 N–H and O–H groups in total. The Morgan fingerprint density at radius 1 is 1.41 bits per heavy atom. The first-order valence-electron chi connectivity index (χ1n) is 7.19. The van der Waals surface area contributed by atoms with Gasteiger partial charge in [0.1, 0.15) is 0 Å². The van der Waals surface area contributed by atoms with Crippen molar-refractivity contribution in [1.82, 2.24) is 0 Å². The molecule has 0 heterocycles. The Kier molecular flexibility index (Phi) is 4.25. The summed E-state index contributed by atoms with van der Waals surface area (Å²) in [5.74, 6) is 2.35. The van der Waals surface area contributed by atoms with Crippen LogP contribution in [-0.4, -0.2) is 0 Å². The van der Waals surface area contributed by atoms with Gasteiger partial charge in [-0.15, -0.1) is 0 Å². The molecule has 0 amide bonds. The average molecular weight is 230 g/mol. The summed E-state index contributed by atoms with van der Waals surface area (Å²) < 4.78 is 0. The molecule has 94 valence electrons. The van der Waals surface area contributed by atoms with E-state index in [0.717, 1.165) is 11.8 Å². The van der Waals surface area contributed by atoms with Gasteiger partial charge in [0.05, 0.1) is 0 Å². The van der Waals surface area contributed by atoms with E-state index in [2.05, 4.69) is 38.7 Å². The maximum Gasteiger partial charge on any atom is -0.00418 e. The van der Waals surface area contributed by atoms with Gasteiger partial charge in [0, 0.05) is 0 Å². The Bertz CT molecular complexity index is 326. The lowest BCUT2D eigenvalue weighted by atomic mass is 9.93. The molecule has 0 nitrogen and oxygen atoms in total. The minimum Gasteiger partial charge on any atom is -0.0999 e. The van der Waals surface area contributed by atoms with Crippen molar-refractivity contribution in [3.8, 4) is 0 Å². The van der Waals surface area contributed by atoms with Gasteiger partial charge in [0.25, 0.3) is 0 Å². The lowest BCUT2D eigenvalue weighted by Gasteiger charge is -2.12. The van der Waals surface area contributed by atoms with E-state index in [0.29, 0.717) is 5.92 Å². The molecule has 0 aromatic heterocycles. The summed E-state index contributed by atoms with van der Waals surface area (Å²) in [6.45, 7) is 8.47. The fraction of sp³-hybridized carbons (Fsp3) is 0.647. The third kappa shape index (κ3) is 3.59. The molecule has 0 heteroatoms. The van der Waals surface area contributed by atoms with Crippen LogP contribution in [-0.2, 0) is 0 Å². The molecule has 0 spiro atoms. The largest absolute Gasteiger partial charge is 0.0999 e. The second kappa shape index (κ2) is 5.71. The second-order valence-electron chi connectivity index (χ2n) is 6.10. The van der Waals surface area contributed by atoms with Crippen molar-refractivity contribution in [2.75, 3.05) is 0 Å². The minimum absolute atomic E-state index is 0.621. The van der Waals surface area contributed by atoms with Crippen LogP contribution in [0.4, 0.5) is 0 Å².